The molecule has 2 aromatic carbocycles. The second-order valence-electron chi connectivity index (χ2n) is 7.64. The van der Waals surface area contributed by atoms with Gasteiger partial charge in [0.05, 0.1) is 17.4 Å². The Balaban J connectivity index is 1.90. The summed E-state index contributed by atoms with van der Waals surface area (Å²) in [7, 11) is 0. The maximum atomic E-state index is 13.1. The third-order valence-electron chi connectivity index (χ3n) is 4.90. The fourth-order valence-corrected chi connectivity index (χ4v) is 4.24. The zero-order valence-corrected chi connectivity index (χ0v) is 16.0. The maximum Gasteiger partial charge on any atom is 0.163 e. The van der Waals surface area contributed by atoms with Crippen LogP contribution in [0.25, 0.3) is 0 Å². The first kappa shape index (κ1) is 16.4. The lowest BCUT2D eigenvalue weighted by atomic mass is 9.73. The minimum Gasteiger partial charge on any atom is -0.372 e. The summed E-state index contributed by atoms with van der Waals surface area (Å²) in [5.74, 6) is 0.226. The van der Waals surface area contributed by atoms with Gasteiger partial charge in [-0.25, -0.2) is 0 Å². The van der Waals surface area contributed by atoms with Crippen molar-refractivity contribution in [1.29, 1.82) is 0 Å². The van der Waals surface area contributed by atoms with Crippen LogP contribution in [0.15, 0.2) is 64.3 Å². The number of Topliss-reactive ketones (excluding diaryl/α,β-unsaturated/α-hetero) is 1. The van der Waals surface area contributed by atoms with Gasteiger partial charge in [-0.05, 0) is 41.7 Å². The zero-order chi connectivity index (χ0) is 17.6. The van der Waals surface area contributed by atoms with E-state index in [1.165, 1.54) is 0 Å². The third kappa shape index (κ3) is 3.11. The first-order chi connectivity index (χ1) is 11.9. The second kappa shape index (κ2) is 6.03. The van der Waals surface area contributed by atoms with Crippen molar-refractivity contribution in [1.82, 2.24) is 0 Å². The third-order valence-corrected chi connectivity index (χ3v) is 5.40. The summed E-state index contributed by atoms with van der Waals surface area (Å²) in [5.41, 5.74) is 5.03. The smallest absolute Gasteiger partial charge is 0.163 e. The molecule has 2 aromatic rings. The van der Waals surface area contributed by atoms with Gasteiger partial charge in [0.15, 0.2) is 5.78 Å². The maximum absolute atomic E-state index is 13.1. The molecular weight excluding hydrogens is 376 g/mol. The molecule has 1 atom stereocenters. The minimum absolute atomic E-state index is 0.0238. The molecule has 1 heterocycles. The lowest BCUT2D eigenvalue weighted by Crippen LogP contribution is -2.31. The summed E-state index contributed by atoms with van der Waals surface area (Å²) in [6.45, 7) is 4.32. The molecule has 4 heteroatoms. The zero-order valence-electron chi connectivity index (χ0n) is 14.4. The summed E-state index contributed by atoms with van der Waals surface area (Å²) in [6, 6.07) is 16.2. The Bertz CT molecular complexity index is 885. The molecule has 0 radical (unpaired) electrons. The number of benzene rings is 2. The molecular formula is C21H21BrN2O. The van der Waals surface area contributed by atoms with Crippen molar-refractivity contribution >= 4 is 33.1 Å². The van der Waals surface area contributed by atoms with Crippen molar-refractivity contribution in [2.24, 2.45) is 5.41 Å². The van der Waals surface area contributed by atoms with Crippen LogP contribution in [0, 0.1) is 5.41 Å². The second-order valence-corrected chi connectivity index (χ2v) is 8.55. The van der Waals surface area contributed by atoms with E-state index in [2.05, 4.69) is 64.7 Å². The van der Waals surface area contributed by atoms with Crippen LogP contribution in [0.5, 0.6) is 0 Å². The molecule has 2 aliphatic rings. The van der Waals surface area contributed by atoms with Crippen molar-refractivity contribution in [3.05, 3.63) is 69.8 Å². The first-order valence-corrected chi connectivity index (χ1v) is 9.37. The summed E-state index contributed by atoms with van der Waals surface area (Å²) in [6.07, 6.45) is 1.45. The van der Waals surface area contributed by atoms with Gasteiger partial charge in [-0.2, -0.15) is 0 Å². The Kier molecular flexibility index (Phi) is 3.95. The molecule has 0 spiro atoms. The van der Waals surface area contributed by atoms with E-state index >= 15 is 0 Å². The van der Waals surface area contributed by atoms with Crippen molar-refractivity contribution < 1.29 is 4.79 Å². The molecule has 0 unspecified atom stereocenters. The molecule has 0 bridgehead atoms. The van der Waals surface area contributed by atoms with Gasteiger partial charge in [0, 0.05) is 22.2 Å². The number of allylic oxidation sites excluding steroid dienone is 1. The van der Waals surface area contributed by atoms with E-state index in [0.29, 0.717) is 6.42 Å². The molecule has 0 aromatic heterocycles. The van der Waals surface area contributed by atoms with Gasteiger partial charge < -0.3 is 10.6 Å². The van der Waals surface area contributed by atoms with E-state index in [0.717, 1.165) is 39.1 Å². The quantitative estimate of drug-likeness (QED) is 0.651. The highest BCUT2D eigenvalue weighted by molar-refractivity contribution is 9.10. The van der Waals surface area contributed by atoms with Crippen LogP contribution in [0.4, 0.5) is 11.4 Å². The van der Waals surface area contributed by atoms with Crippen LogP contribution < -0.4 is 10.6 Å². The predicted octanol–water partition coefficient (Wildman–Crippen LogP) is 5.67. The number of hydrogen-bond donors (Lipinski definition) is 2. The van der Waals surface area contributed by atoms with Crippen LogP contribution in [0.1, 0.15) is 38.3 Å². The number of para-hydroxylation sites is 2. The number of ketones is 1. The van der Waals surface area contributed by atoms with Gasteiger partial charge in [-0.3, -0.25) is 4.79 Å². The van der Waals surface area contributed by atoms with Crippen molar-refractivity contribution in [3.63, 3.8) is 0 Å². The van der Waals surface area contributed by atoms with E-state index in [1.54, 1.807) is 0 Å². The van der Waals surface area contributed by atoms with Crippen LogP contribution in [0.2, 0.25) is 0 Å². The highest BCUT2D eigenvalue weighted by Crippen LogP contribution is 2.45. The number of fused-ring (bicyclic) bond motifs is 1. The number of carbonyl (C=O) groups excluding carboxylic acids is 1. The van der Waals surface area contributed by atoms with Gasteiger partial charge >= 0.3 is 0 Å². The Morgan fingerprint density at radius 3 is 2.56 bits per heavy atom. The average Bonchev–Trinajstić information content (AvgIpc) is 2.70. The summed E-state index contributed by atoms with van der Waals surface area (Å²) >= 11 is 3.56. The van der Waals surface area contributed by atoms with Gasteiger partial charge in [0.25, 0.3) is 0 Å². The molecule has 3 nitrogen and oxygen atoms in total. The summed E-state index contributed by atoms with van der Waals surface area (Å²) in [5, 5.41) is 7.14. The molecule has 128 valence electrons. The van der Waals surface area contributed by atoms with Crippen molar-refractivity contribution in [2.75, 3.05) is 10.6 Å². The average molecular weight is 397 g/mol. The van der Waals surface area contributed by atoms with Crippen LogP contribution >= 0.6 is 15.9 Å². The molecule has 0 amide bonds. The molecule has 0 fully saturated rings. The number of halogens is 1. The summed E-state index contributed by atoms with van der Waals surface area (Å²) in [4.78, 5) is 13.1. The van der Waals surface area contributed by atoms with E-state index in [9.17, 15) is 4.79 Å². The molecule has 0 saturated heterocycles. The number of carbonyl (C=O) groups is 1. The highest BCUT2D eigenvalue weighted by atomic mass is 79.9. The van der Waals surface area contributed by atoms with Gasteiger partial charge in [-0.1, -0.05) is 54.0 Å². The minimum atomic E-state index is -0.146. The van der Waals surface area contributed by atoms with E-state index in [1.807, 2.05) is 24.3 Å². The van der Waals surface area contributed by atoms with Crippen LogP contribution in [-0.2, 0) is 4.79 Å². The van der Waals surface area contributed by atoms with Crippen molar-refractivity contribution in [3.8, 4) is 0 Å². The molecule has 4 rings (SSSR count). The number of rotatable bonds is 1. The molecule has 2 N–H and O–H groups in total. The summed E-state index contributed by atoms with van der Waals surface area (Å²) < 4.78 is 1.02. The van der Waals surface area contributed by atoms with Gasteiger partial charge in [0.1, 0.15) is 0 Å². The van der Waals surface area contributed by atoms with E-state index in [4.69, 9.17) is 0 Å². The first-order valence-electron chi connectivity index (χ1n) is 8.57. The van der Waals surface area contributed by atoms with Gasteiger partial charge in [0.2, 0.25) is 0 Å². The van der Waals surface area contributed by atoms with Crippen LogP contribution in [-0.4, -0.2) is 5.78 Å². The monoisotopic (exact) mass is 396 g/mol. The fraction of sp³-hybridized carbons (Fsp3) is 0.286. The lowest BCUT2D eigenvalue weighted by Gasteiger charge is -2.34. The van der Waals surface area contributed by atoms with Crippen LogP contribution in [0.3, 0.4) is 0 Å². The SMILES string of the molecule is CC1(C)CC(=O)C2=C(C1)Nc1ccccc1N[C@@H]2c1cccc(Br)c1. The Morgan fingerprint density at radius 2 is 1.80 bits per heavy atom. The molecule has 1 aliphatic heterocycles. The number of hydrogen-bond acceptors (Lipinski definition) is 3. The highest BCUT2D eigenvalue weighted by Gasteiger charge is 2.38. The predicted molar refractivity (Wildman–Crippen MR) is 106 cm³/mol. The van der Waals surface area contributed by atoms with E-state index in [-0.39, 0.29) is 17.2 Å². The van der Waals surface area contributed by atoms with Gasteiger partial charge in [-0.15, -0.1) is 0 Å². The number of nitrogens with one attached hydrogen (secondary N) is 2. The Labute approximate surface area is 156 Å². The van der Waals surface area contributed by atoms with Crippen molar-refractivity contribution in [2.45, 2.75) is 32.7 Å². The largest absolute Gasteiger partial charge is 0.372 e. The lowest BCUT2D eigenvalue weighted by molar-refractivity contribution is -0.118. The standard InChI is InChI=1S/C21H21BrN2O/c1-21(2)11-17-19(18(25)12-21)20(13-6-5-7-14(22)10-13)24-16-9-4-3-8-15(16)23-17/h3-10,20,23-24H,11-12H2,1-2H3/t20-/m1/s1. The molecule has 25 heavy (non-hydrogen) atoms. The van der Waals surface area contributed by atoms with E-state index < -0.39 is 0 Å². The molecule has 0 saturated carbocycles. The number of anilines is 2. The topological polar surface area (TPSA) is 41.1 Å². The Hall–Kier alpha value is -2.07. The molecule has 1 aliphatic carbocycles. The normalized spacial score (nSPS) is 21.6. The Morgan fingerprint density at radius 1 is 1.04 bits per heavy atom. The fourth-order valence-electron chi connectivity index (χ4n) is 3.83.